The van der Waals surface area contributed by atoms with E-state index < -0.39 is 0 Å². The summed E-state index contributed by atoms with van der Waals surface area (Å²) in [5.41, 5.74) is 0.497. The van der Waals surface area contributed by atoms with Gasteiger partial charge in [-0.05, 0) is 0 Å². The van der Waals surface area contributed by atoms with Gasteiger partial charge in [0.15, 0.2) is 0 Å². The van der Waals surface area contributed by atoms with Crippen molar-refractivity contribution in [1.82, 2.24) is 9.38 Å². The minimum absolute atomic E-state index is 0.369. The molecule has 0 aliphatic rings. The van der Waals surface area contributed by atoms with E-state index in [2.05, 4.69) is 4.98 Å². The Labute approximate surface area is 90.3 Å². The number of hydrogen-bond donors (Lipinski definition) is 0. The summed E-state index contributed by atoms with van der Waals surface area (Å²) in [5.74, 6) is -0.369. The summed E-state index contributed by atoms with van der Waals surface area (Å²) in [6, 6.07) is 0. The molecule has 0 fully saturated rings. The topological polar surface area (TPSA) is 52.8 Å². The molecule has 5 nitrogen and oxygen atoms in total. The molecule has 0 atom stereocenters. The maximum absolute atomic E-state index is 11.6. The Morgan fingerprint density at radius 2 is 2.40 bits per heavy atom. The summed E-state index contributed by atoms with van der Waals surface area (Å²) in [7, 11) is 2.95. The summed E-state index contributed by atoms with van der Waals surface area (Å²) < 4.78 is 11.5. The summed E-state index contributed by atoms with van der Waals surface area (Å²) in [6.07, 6.45) is 3.30. The van der Waals surface area contributed by atoms with Crippen LogP contribution in [0.15, 0.2) is 12.5 Å². The van der Waals surface area contributed by atoms with Gasteiger partial charge in [-0.3, -0.25) is 4.40 Å². The number of methoxy groups -OCH3 is 2. The van der Waals surface area contributed by atoms with Gasteiger partial charge in [-0.2, -0.15) is 0 Å². The lowest BCUT2D eigenvalue weighted by Gasteiger charge is -2.00. The number of fused-ring (bicyclic) bond motifs is 1. The Kier molecular flexibility index (Phi) is 2.70. The highest BCUT2D eigenvalue weighted by Gasteiger charge is 2.19. The predicted octanol–water partition coefficient (Wildman–Crippen LogP) is 1.33. The Balaban J connectivity index is 2.58. The van der Waals surface area contributed by atoms with Crippen LogP contribution in [0.25, 0.3) is 4.83 Å². The maximum Gasteiger partial charge on any atom is 0.356 e. The zero-order chi connectivity index (χ0) is 10.8. The average molecular weight is 226 g/mol. The van der Waals surface area contributed by atoms with Gasteiger partial charge in [0.2, 0.25) is 0 Å². The van der Waals surface area contributed by atoms with Crippen molar-refractivity contribution >= 4 is 22.1 Å². The number of imidazole rings is 1. The van der Waals surface area contributed by atoms with Crippen molar-refractivity contribution in [3.05, 3.63) is 23.1 Å². The van der Waals surface area contributed by atoms with Crippen LogP contribution in [0.2, 0.25) is 0 Å². The molecule has 0 amide bonds. The van der Waals surface area contributed by atoms with Crippen LogP contribution in [0.3, 0.4) is 0 Å². The van der Waals surface area contributed by atoms with Crippen molar-refractivity contribution in [3.8, 4) is 0 Å². The molecule has 0 N–H and O–H groups in total. The van der Waals surface area contributed by atoms with Crippen LogP contribution >= 0.6 is 11.3 Å². The second-order valence-electron chi connectivity index (χ2n) is 2.90. The van der Waals surface area contributed by atoms with E-state index in [0.29, 0.717) is 12.3 Å². The van der Waals surface area contributed by atoms with Gasteiger partial charge in [0.05, 0.1) is 24.8 Å². The molecule has 2 rings (SSSR count). The van der Waals surface area contributed by atoms with Gasteiger partial charge in [0, 0.05) is 7.11 Å². The summed E-state index contributed by atoms with van der Waals surface area (Å²) >= 11 is 1.47. The first-order valence-electron chi connectivity index (χ1n) is 4.29. The second-order valence-corrected chi connectivity index (χ2v) is 4.02. The number of hydrogen-bond acceptors (Lipinski definition) is 5. The molecule has 2 aromatic rings. The highest BCUT2D eigenvalue weighted by molar-refractivity contribution is 7.17. The van der Waals surface area contributed by atoms with Crippen LogP contribution in [0.1, 0.15) is 15.4 Å². The Hall–Kier alpha value is -1.40. The van der Waals surface area contributed by atoms with Gasteiger partial charge < -0.3 is 9.47 Å². The van der Waals surface area contributed by atoms with Crippen molar-refractivity contribution in [3.63, 3.8) is 0 Å². The fourth-order valence-corrected chi connectivity index (χ4v) is 2.43. The number of carbonyl (C=O) groups is 1. The van der Waals surface area contributed by atoms with Crippen LogP contribution in [-0.2, 0) is 16.1 Å². The number of thiazole rings is 1. The first-order valence-corrected chi connectivity index (χ1v) is 5.10. The SMILES string of the molecule is COCc1sc2cncn2c1C(=O)OC. The highest BCUT2D eigenvalue weighted by atomic mass is 32.1. The molecule has 0 saturated heterocycles. The standard InChI is InChI=1S/C9H10N2O3S/c1-13-4-6-8(9(12)14-2)11-5-10-3-7(11)15-6/h3,5H,4H2,1-2H3. The molecule has 0 aliphatic heterocycles. The number of nitrogens with zero attached hydrogens (tertiary/aromatic N) is 2. The first-order chi connectivity index (χ1) is 7.27. The van der Waals surface area contributed by atoms with E-state index >= 15 is 0 Å². The number of esters is 1. The normalized spacial score (nSPS) is 10.8. The second kappa shape index (κ2) is 4.00. The molecule has 0 aromatic carbocycles. The van der Waals surface area contributed by atoms with Gasteiger partial charge in [-0.1, -0.05) is 0 Å². The maximum atomic E-state index is 11.6. The number of carbonyl (C=O) groups excluding carboxylic acids is 1. The van der Waals surface area contributed by atoms with Gasteiger partial charge in [0.25, 0.3) is 0 Å². The minimum atomic E-state index is -0.369. The van der Waals surface area contributed by atoms with Crippen molar-refractivity contribution in [2.24, 2.45) is 0 Å². The number of rotatable bonds is 3. The van der Waals surface area contributed by atoms with Crippen molar-refractivity contribution in [2.75, 3.05) is 14.2 Å². The Morgan fingerprint density at radius 1 is 1.60 bits per heavy atom. The van der Waals surface area contributed by atoms with E-state index in [1.807, 2.05) is 0 Å². The third-order valence-corrected chi connectivity index (χ3v) is 3.06. The molecule has 80 valence electrons. The van der Waals surface area contributed by atoms with E-state index in [4.69, 9.17) is 9.47 Å². The van der Waals surface area contributed by atoms with E-state index in [9.17, 15) is 4.79 Å². The average Bonchev–Trinajstić information content (AvgIpc) is 2.77. The number of aromatic nitrogens is 2. The largest absolute Gasteiger partial charge is 0.464 e. The van der Waals surface area contributed by atoms with Crippen molar-refractivity contribution < 1.29 is 14.3 Å². The van der Waals surface area contributed by atoms with Crippen molar-refractivity contribution in [1.29, 1.82) is 0 Å². The molecule has 0 unspecified atom stereocenters. The molecule has 6 heteroatoms. The van der Waals surface area contributed by atoms with Crippen molar-refractivity contribution in [2.45, 2.75) is 6.61 Å². The van der Waals surface area contributed by atoms with E-state index in [0.717, 1.165) is 9.71 Å². The van der Waals surface area contributed by atoms with Crippen LogP contribution in [-0.4, -0.2) is 29.6 Å². The molecule has 0 radical (unpaired) electrons. The fraction of sp³-hybridized carbons (Fsp3) is 0.333. The molecule has 0 spiro atoms. The zero-order valence-corrected chi connectivity index (χ0v) is 9.21. The van der Waals surface area contributed by atoms with Crippen LogP contribution in [0.4, 0.5) is 0 Å². The Morgan fingerprint density at radius 3 is 3.07 bits per heavy atom. The molecule has 2 heterocycles. The lowest BCUT2D eigenvalue weighted by molar-refractivity contribution is 0.0588. The molecule has 2 aromatic heterocycles. The molecule has 0 saturated carbocycles. The highest BCUT2D eigenvalue weighted by Crippen LogP contribution is 2.24. The van der Waals surface area contributed by atoms with Gasteiger partial charge in [-0.25, -0.2) is 9.78 Å². The number of ether oxygens (including phenoxy) is 2. The summed E-state index contributed by atoms with van der Waals surface area (Å²) in [4.78, 5) is 17.3. The van der Waals surface area contributed by atoms with Gasteiger partial charge >= 0.3 is 5.97 Å². The third kappa shape index (κ3) is 1.62. The molecule has 0 aliphatic carbocycles. The molecule has 15 heavy (non-hydrogen) atoms. The van der Waals surface area contributed by atoms with Crippen LogP contribution in [0, 0.1) is 0 Å². The lowest BCUT2D eigenvalue weighted by Crippen LogP contribution is -2.07. The predicted molar refractivity (Wildman–Crippen MR) is 55.1 cm³/mol. The smallest absolute Gasteiger partial charge is 0.356 e. The minimum Gasteiger partial charge on any atom is -0.464 e. The fourth-order valence-electron chi connectivity index (χ4n) is 1.37. The quantitative estimate of drug-likeness (QED) is 0.741. The molecular weight excluding hydrogens is 216 g/mol. The van der Waals surface area contributed by atoms with E-state index in [1.165, 1.54) is 18.4 Å². The molecular formula is C9H10N2O3S. The van der Waals surface area contributed by atoms with Crippen LogP contribution in [0.5, 0.6) is 0 Å². The third-order valence-electron chi connectivity index (χ3n) is 1.99. The lowest BCUT2D eigenvalue weighted by atomic mass is 10.3. The van der Waals surface area contributed by atoms with Gasteiger partial charge in [0.1, 0.15) is 16.9 Å². The van der Waals surface area contributed by atoms with Crippen LogP contribution < -0.4 is 0 Å². The first kappa shape index (κ1) is 10.1. The monoisotopic (exact) mass is 226 g/mol. The molecule has 0 bridgehead atoms. The van der Waals surface area contributed by atoms with Gasteiger partial charge in [-0.15, -0.1) is 11.3 Å². The Bertz CT molecular complexity index is 488. The zero-order valence-electron chi connectivity index (χ0n) is 8.39. The van der Waals surface area contributed by atoms with E-state index in [1.54, 1.807) is 24.0 Å². The van der Waals surface area contributed by atoms with E-state index in [-0.39, 0.29) is 5.97 Å². The summed E-state index contributed by atoms with van der Waals surface area (Å²) in [5, 5.41) is 0. The summed E-state index contributed by atoms with van der Waals surface area (Å²) in [6.45, 7) is 0.400.